The van der Waals surface area contributed by atoms with Gasteiger partial charge in [0.15, 0.2) is 8.67 Å². The predicted octanol–water partition coefficient (Wildman–Crippen LogP) is 7.34. The number of rotatable bonds is 3. The Morgan fingerprint density at radius 1 is 0.750 bits per heavy atom. The lowest BCUT2D eigenvalue weighted by Gasteiger charge is -2.44. The van der Waals surface area contributed by atoms with Crippen LogP contribution >= 0.6 is 104 Å². The van der Waals surface area contributed by atoms with Crippen molar-refractivity contribution < 1.29 is 0 Å². The van der Waals surface area contributed by atoms with E-state index in [0.29, 0.717) is 5.56 Å². The molecule has 0 heterocycles. The topological polar surface area (TPSA) is 0 Å². The summed E-state index contributed by atoms with van der Waals surface area (Å²) in [6.45, 7) is 1.83. The molecule has 114 valence electrons. The summed E-state index contributed by atoms with van der Waals surface area (Å²) < 4.78 is -8.64. The maximum Gasteiger partial charge on any atom is 0.226 e. The van der Waals surface area contributed by atoms with Gasteiger partial charge in [0.2, 0.25) is 8.13 Å². The van der Waals surface area contributed by atoms with Gasteiger partial charge in [0.05, 0.1) is 0 Å². The highest BCUT2D eigenvalue weighted by molar-refractivity contribution is 6.80. The Bertz CT molecular complexity index is 487. The standard InChI is InChI=1S/C11H7Cl9/c1-6-3-2-4-7(5-6)8(12,13)9(14,15)10(16,17)11(18,19)20/h2-5H,1H3. The molecular weight excluding hydrogens is 451 g/mol. The molecule has 0 unspecified atom stereocenters. The van der Waals surface area contributed by atoms with Crippen molar-refractivity contribution in [3.8, 4) is 0 Å². The molecule has 0 nitrogen and oxygen atoms in total. The monoisotopic (exact) mass is 454 g/mol. The second-order valence-electron chi connectivity index (χ2n) is 4.09. The smallest absolute Gasteiger partial charge is 0.0943 e. The molecule has 0 spiro atoms. The third-order valence-corrected chi connectivity index (χ3v) is 8.00. The Kier molecular flexibility index (Phi) is 6.34. The molecule has 0 aromatic heterocycles. The van der Waals surface area contributed by atoms with Gasteiger partial charge in [-0.05, 0) is 12.5 Å². The molecule has 9 heteroatoms. The minimum absolute atomic E-state index is 0.366. The van der Waals surface area contributed by atoms with Crippen molar-refractivity contribution in [2.45, 2.75) is 23.7 Å². The van der Waals surface area contributed by atoms with E-state index in [1.807, 2.05) is 13.0 Å². The summed E-state index contributed by atoms with van der Waals surface area (Å²) in [5, 5.41) is 0. The molecular formula is C11H7Cl9. The van der Waals surface area contributed by atoms with Crippen LogP contribution in [-0.2, 0) is 4.33 Å². The van der Waals surface area contributed by atoms with Crippen LogP contribution < -0.4 is 0 Å². The van der Waals surface area contributed by atoms with E-state index >= 15 is 0 Å². The highest BCUT2D eigenvalue weighted by Crippen LogP contribution is 2.65. The molecule has 0 radical (unpaired) electrons. The fourth-order valence-electron chi connectivity index (χ4n) is 1.40. The van der Waals surface area contributed by atoms with Crippen LogP contribution in [0.15, 0.2) is 24.3 Å². The van der Waals surface area contributed by atoms with Crippen molar-refractivity contribution in [3.05, 3.63) is 35.4 Å². The first-order valence-corrected chi connectivity index (χ1v) is 8.42. The molecule has 0 aliphatic carbocycles. The van der Waals surface area contributed by atoms with Crippen molar-refractivity contribution in [2.75, 3.05) is 0 Å². The van der Waals surface area contributed by atoms with Gasteiger partial charge < -0.3 is 0 Å². The van der Waals surface area contributed by atoms with Crippen LogP contribution in [0.3, 0.4) is 0 Å². The lowest BCUT2D eigenvalue weighted by Crippen LogP contribution is -2.54. The van der Waals surface area contributed by atoms with Crippen molar-refractivity contribution >= 4 is 104 Å². The number of aryl methyl sites for hydroxylation is 1. The molecule has 0 amide bonds. The van der Waals surface area contributed by atoms with E-state index < -0.39 is 16.8 Å². The maximum atomic E-state index is 6.27. The number of hydrogen-bond donors (Lipinski definition) is 0. The van der Waals surface area contributed by atoms with Gasteiger partial charge >= 0.3 is 0 Å². The number of benzene rings is 1. The van der Waals surface area contributed by atoms with Crippen molar-refractivity contribution in [1.29, 1.82) is 0 Å². The van der Waals surface area contributed by atoms with Crippen LogP contribution in [-0.4, -0.2) is 12.5 Å². The van der Waals surface area contributed by atoms with Crippen molar-refractivity contribution in [2.24, 2.45) is 0 Å². The summed E-state index contributed by atoms with van der Waals surface area (Å²) in [6, 6.07) is 6.82. The molecule has 0 aliphatic heterocycles. The van der Waals surface area contributed by atoms with Gasteiger partial charge in [-0.25, -0.2) is 0 Å². The molecule has 0 saturated heterocycles. The average molecular weight is 458 g/mol. The molecule has 0 N–H and O–H groups in total. The highest BCUT2D eigenvalue weighted by Gasteiger charge is 2.68. The van der Waals surface area contributed by atoms with E-state index in [2.05, 4.69) is 0 Å². The van der Waals surface area contributed by atoms with Gasteiger partial charge in [-0.15, -0.1) is 0 Å². The van der Waals surface area contributed by atoms with E-state index in [4.69, 9.17) is 104 Å². The van der Waals surface area contributed by atoms with Crippen LogP contribution in [0.4, 0.5) is 0 Å². The zero-order valence-corrected chi connectivity index (χ0v) is 16.5. The van der Waals surface area contributed by atoms with Gasteiger partial charge in [-0.3, -0.25) is 0 Å². The van der Waals surface area contributed by atoms with E-state index in [9.17, 15) is 0 Å². The van der Waals surface area contributed by atoms with E-state index in [0.717, 1.165) is 5.56 Å². The summed E-state index contributed by atoms with van der Waals surface area (Å²) >= 11 is 54.1. The molecule has 1 aromatic carbocycles. The minimum atomic E-state index is -2.28. The maximum absolute atomic E-state index is 6.27. The summed E-state index contributed by atoms with van der Waals surface area (Å²) in [5.41, 5.74) is 1.24. The van der Waals surface area contributed by atoms with Gasteiger partial charge in [0, 0.05) is 0 Å². The molecule has 1 aromatic rings. The molecule has 20 heavy (non-hydrogen) atoms. The molecule has 0 aliphatic rings. The molecule has 0 fully saturated rings. The van der Waals surface area contributed by atoms with Crippen LogP contribution in [0.1, 0.15) is 11.1 Å². The quantitative estimate of drug-likeness (QED) is 0.416. The van der Waals surface area contributed by atoms with Crippen LogP contribution in [0.25, 0.3) is 0 Å². The Balaban J connectivity index is 3.39. The van der Waals surface area contributed by atoms with Crippen LogP contribution in [0.5, 0.6) is 0 Å². The largest absolute Gasteiger partial charge is 0.226 e. The fraction of sp³-hybridized carbons (Fsp3) is 0.455. The molecule has 0 atom stereocenters. The van der Waals surface area contributed by atoms with Gasteiger partial charge in [0.1, 0.15) is 0 Å². The Morgan fingerprint density at radius 3 is 1.65 bits per heavy atom. The summed E-state index contributed by atoms with van der Waals surface area (Å²) in [6.07, 6.45) is 0. The van der Waals surface area contributed by atoms with Crippen molar-refractivity contribution in [1.82, 2.24) is 0 Å². The SMILES string of the molecule is Cc1cccc(C(Cl)(Cl)C(Cl)(Cl)C(Cl)(Cl)C(Cl)(Cl)Cl)c1. The zero-order chi connectivity index (χ0) is 16.0. The van der Waals surface area contributed by atoms with E-state index in [1.54, 1.807) is 18.2 Å². The van der Waals surface area contributed by atoms with E-state index in [1.165, 1.54) is 0 Å². The second-order valence-corrected chi connectivity index (χ2v) is 10.4. The Hall–Kier alpha value is 1.83. The minimum Gasteiger partial charge on any atom is -0.0943 e. The van der Waals surface area contributed by atoms with Gasteiger partial charge in [-0.2, -0.15) is 0 Å². The second kappa shape index (κ2) is 6.38. The fourth-order valence-corrected chi connectivity index (χ4v) is 3.61. The summed E-state index contributed by atoms with van der Waals surface area (Å²) in [5.74, 6) is 0. The zero-order valence-electron chi connectivity index (χ0n) is 9.71. The third-order valence-electron chi connectivity index (χ3n) is 2.53. The first-order chi connectivity index (χ1) is 8.75. The Labute approximate surface area is 162 Å². The highest BCUT2D eigenvalue weighted by atomic mass is 35.6. The number of halogens is 9. The van der Waals surface area contributed by atoms with Crippen molar-refractivity contribution in [3.63, 3.8) is 0 Å². The number of alkyl halides is 9. The molecule has 0 saturated carbocycles. The predicted molar refractivity (Wildman–Crippen MR) is 93.7 cm³/mol. The molecule has 0 bridgehead atoms. The average Bonchev–Trinajstić information content (AvgIpc) is 2.26. The first-order valence-electron chi connectivity index (χ1n) is 5.02. The Morgan fingerprint density at radius 2 is 1.25 bits per heavy atom. The van der Waals surface area contributed by atoms with Crippen LogP contribution in [0, 0.1) is 6.92 Å². The number of hydrogen-bond acceptors (Lipinski definition) is 0. The third kappa shape index (κ3) is 3.50. The lowest BCUT2D eigenvalue weighted by molar-refractivity contribution is 0.600. The van der Waals surface area contributed by atoms with E-state index in [-0.39, 0.29) is 0 Å². The normalized spacial score (nSPS) is 14.5. The first kappa shape index (κ1) is 19.9. The lowest BCUT2D eigenvalue weighted by atomic mass is 10.0. The van der Waals surface area contributed by atoms with Crippen LogP contribution in [0.2, 0.25) is 0 Å². The van der Waals surface area contributed by atoms with Gasteiger partial charge in [-0.1, -0.05) is 134 Å². The summed E-state index contributed by atoms with van der Waals surface area (Å²) in [7, 11) is 0. The van der Waals surface area contributed by atoms with Gasteiger partial charge in [0.25, 0.3) is 0 Å². The summed E-state index contributed by atoms with van der Waals surface area (Å²) in [4.78, 5) is 0. The molecule has 1 rings (SSSR count).